The lowest BCUT2D eigenvalue weighted by atomic mass is 10.0. The molecule has 0 saturated carbocycles. The maximum Gasteiger partial charge on any atom is 0.251 e. The number of benzene rings is 1. The molecule has 5 nitrogen and oxygen atoms in total. The lowest BCUT2D eigenvalue weighted by molar-refractivity contribution is 0.0949. The molecule has 0 aliphatic heterocycles. The van der Waals surface area contributed by atoms with Gasteiger partial charge in [0.25, 0.3) is 5.91 Å². The zero-order chi connectivity index (χ0) is 13.7. The summed E-state index contributed by atoms with van der Waals surface area (Å²) in [4.78, 5) is 11.8. The minimum Gasteiger partial charge on any atom is -0.508 e. The Morgan fingerprint density at radius 1 is 1.28 bits per heavy atom. The maximum absolute atomic E-state index is 11.8. The van der Waals surface area contributed by atoms with Crippen molar-refractivity contribution in [3.05, 3.63) is 23.8 Å². The molecule has 18 heavy (non-hydrogen) atoms. The van der Waals surface area contributed by atoms with Crippen molar-refractivity contribution >= 4 is 5.91 Å². The maximum atomic E-state index is 11.8. The highest BCUT2D eigenvalue weighted by Crippen LogP contribution is 2.20. The third kappa shape index (κ3) is 4.63. The SMILES string of the molecule is CC(C)CC(N)CNC(=O)c1cc(O)cc(O)c1. The second-order valence-electron chi connectivity index (χ2n) is 4.84. The Labute approximate surface area is 107 Å². The molecule has 5 N–H and O–H groups in total. The number of phenols is 2. The average Bonchev–Trinajstić information content (AvgIpc) is 2.23. The predicted molar refractivity (Wildman–Crippen MR) is 69.5 cm³/mol. The molecular weight excluding hydrogens is 232 g/mol. The summed E-state index contributed by atoms with van der Waals surface area (Å²) in [5.41, 5.74) is 6.06. The summed E-state index contributed by atoms with van der Waals surface area (Å²) in [6, 6.07) is 3.66. The van der Waals surface area contributed by atoms with Crippen LogP contribution in [-0.4, -0.2) is 28.7 Å². The molecule has 0 bridgehead atoms. The Kier molecular flexibility index (Phi) is 4.97. The van der Waals surface area contributed by atoms with Crippen molar-refractivity contribution in [2.24, 2.45) is 11.7 Å². The topological polar surface area (TPSA) is 95.6 Å². The number of nitrogens with one attached hydrogen (secondary N) is 1. The molecule has 0 saturated heterocycles. The molecule has 0 aromatic heterocycles. The van der Waals surface area contributed by atoms with Gasteiger partial charge in [0.1, 0.15) is 11.5 Å². The largest absolute Gasteiger partial charge is 0.508 e. The summed E-state index contributed by atoms with van der Waals surface area (Å²) in [5.74, 6) is -0.180. The van der Waals surface area contributed by atoms with Gasteiger partial charge in [0.05, 0.1) is 0 Å². The monoisotopic (exact) mass is 252 g/mol. The Hall–Kier alpha value is -1.75. The number of hydrogen-bond donors (Lipinski definition) is 4. The molecule has 0 heterocycles. The van der Waals surface area contributed by atoms with Crippen molar-refractivity contribution in [1.82, 2.24) is 5.32 Å². The highest BCUT2D eigenvalue weighted by Gasteiger charge is 2.11. The van der Waals surface area contributed by atoms with Crippen molar-refractivity contribution < 1.29 is 15.0 Å². The Bertz CT molecular complexity index is 398. The molecule has 1 rings (SSSR count). The lowest BCUT2D eigenvalue weighted by Crippen LogP contribution is -2.37. The number of amides is 1. The van der Waals surface area contributed by atoms with E-state index in [1.54, 1.807) is 0 Å². The average molecular weight is 252 g/mol. The van der Waals surface area contributed by atoms with E-state index in [0.717, 1.165) is 6.42 Å². The zero-order valence-electron chi connectivity index (χ0n) is 10.7. The third-order valence-electron chi connectivity index (χ3n) is 2.46. The first-order valence-corrected chi connectivity index (χ1v) is 5.95. The van der Waals surface area contributed by atoms with Crippen LogP contribution in [0.1, 0.15) is 30.6 Å². The van der Waals surface area contributed by atoms with Crippen LogP contribution in [0.2, 0.25) is 0 Å². The Morgan fingerprint density at radius 2 is 1.83 bits per heavy atom. The van der Waals surface area contributed by atoms with Gasteiger partial charge >= 0.3 is 0 Å². The van der Waals surface area contributed by atoms with Crippen LogP contribution < -0.4 is 11.1 Å². The van der Waals surface area contributed by atoms with Crippen LogP contribution >= 0.6 is 0 Å². The Balaban J connectivity index is 2.55. The second kappa shape index (κ2) is 6.26. The summed E-state index contributed by atoms with van der Waals surface area (Å²) in [7, 11) is 0. The molecule has 1 atom stereocenters. The fraction of sp³-hybridized carbons (Fsp3) is 0.462. The molecule has 1 aromatic rings. The number of nitrogens with two attached hydrogens (primary N) is 1. The number of phenolic OH excluding ortho intramolecular Hbond substituents is 2. The molecule has 0 radical (unpaired) electrons. The van der Waals surface area contributed by atoms with Crippen LogP contribution in [0.5, 0.6) is 11.5 Å². The first-order chi connectivity index (χ1) is 8.38. The number of carbonyl (C=O) groups is 1. The van der Waals surface area contributed by atoms with Gasteiger partial charge in [-0.25, -0.2) is 0 Å². The van der Waals surface area contributed by atoms with E-state index in [0.29, 0.717) is 12.5 Å². The summed E-state index contributed by atoms with van der Waals surface area (Å²) < 4.78 is 0. The summed E-state index contributed by atoms with van der Waals surface area (Å²) >= 11 is 0. The number of hydrogen-bond acceptors (Lipinski definition) is 4. The van der Waals surface area contributed by atoms with E-state index < -0.39 is 0 Å². The van der Waals surface area contributed by atoms with Gasteiger partial charge in [0.2, 0.25) is 0 Å². The van der Waals surface area contributed by atoms with Gasteiger partial charge in [-0.3, -0.25) is 4.79 Å². The second-order valence-corrected chi connectivity index (χ2v) is 4.84. The van der Waals surface area contributed by atoms with Crippen LogP contribution in [0.3, 0.4) is 0 Å². The molecule has 0 aliphatic rings. The molecule has 1 unspecified atom stereocenters. The van der Waals surface area contributed by atoms with Crippen LogP contribution in [0.4, 0.5) is 0 Å². The zero-order valence-corrected chi connectivity index (χ0v) is 10.7. The normalized spacial score (nSPS) is 12.4. The minimum absolute atomic E-state index is 0.0974. The molecule has 5 heteroatoms. The van der Waals surface area contributed by atoms with Crippen molar-refractivity contribution in [2.45, 2.75) is 26.3 Å². The summed E-state index contributed by atoms with van der Waals surface area (Å²) in [5, 5.41) is 21.2. The van der Waals surface area contributed by atoms with Crippen molar-refractivity contribution in [2.75, 3.05) is 6.54 Å². The fourth-order valence-electron chi connectivity index (χ4n) is 1.74. The van der Waals surface area contributed by atoms with E-state index in [2.05, 4.69) is 19.2 Å². The van der Waals surface area contributed by atoms with Crippen molar-refractivity contribution in [3.8, 4) is 11.5 Å². The van der Waals surface area contributed by atoms with E-state index in [9.17, 15) is 15.0 Å². The smallest absolute Gasteiger partial charge is 0.251 e. The number of aromatic hydroxyl groups is 2. The summed E-state index contributed by atoms with van der Waals surface area (Å²) in [6.45, 7) is 4.50. The van der Waals surface area contributed by atoms with Crippen molar-refractivity contribution in [1.29, 1.82) is 0 Å². The van der Waals surface area contributed by atoms with Crippen LogP contribution in [-0.2, 0) is 0 Å². The van der Waals surface area contributed by atoms with Gasteiger partial charge in [-0.2, -0.15) is 0 Å². The molecule has 1 amide bonds. The third-order valence-corrected chi connectivity index (χ3v) is 2.46. The van der Waals surface area contributed by atoms with Gasteiger partial charge in [-0.1, -0.05) is 13.8 Å². The van der Waals surface area contributed by atoms with E-state index in [4.69, 9.17) is 5.73 Å². The first kappa shape index (κ1) is 14.3. The van der Waals surface area contributed by atoms with E-state index >= 15 is 0 Å². The molecule has 0 aliphatic carbocycles. The van der Waals surface area contributed by atoms with E-state index in [1.165, 1.54) is 18.2 Å². The highest BCUT2D eigenvalue weighted by atomic mass is 16.3. The molecule has 0 spiro atoms. The van der Waals surface area contributed by atoms with Gasteiger partial charge in [-0.05, 0) is 24.5 Å². The first-order valence-electron chi connectivity index (χ1n) is 5.95. The number of rotatable bonds is 5. The van der Waals surface area contributed by atoms with Crippen LogP contribution in [0.25, 0.3) is 0 Å². The standard InChI is InChI=1S/C13H20N2O3/c1-8(2)3-10(14)7-15-13(18)9-4-11(16)6-12(17)5-9/h4-6,8,10,16-17H,3,7,14H2,1-2H3,(H,15,18). The fourth-order valence-corrected chi connectivity index (χ4v) is 1.74. The number of carbonyl (C=O) groups excluding carboxylic acids is 1. The predicted octanol–water partition coefficient (Wildman–Crippen LogP) is 1.20. The highest BCUT2D eigenvalue weighted by molar-refractivity contribution is 5.95. The van der Waals surface area contributed by atoms with Gasteiger partial charge in [-0.15, -0.1) is 0 Å². The van der Waals surface area contributed by atoms with Gasteiger partial charge < -0.3 is 21.3 Å². The van der Waals surface area contributed by atoms with Gasteiger partial charge in [0, 0.05) is 24.2 Å². The Morgan fingerprint density at radius 3 is 2.33 bits per heavy atom. The van der Waals surface area contributed by atoms with Crippen LogP contribution in [0.15, 0.2) is 18.2 Å². The molecule has 0 fully saturated rings. The van der Waals surface area contributed by atoms with Crippen LogP contribution in [0, 0.1) is 5.92 Å². The van der Waals surface area contributed by atoms with Gasteiger partial charge in [0.15, 0.2) is 0 Å². The van der Waals surface area contributed by atoms with E-state index in [-0.39, 0.29) is 29.0 Å². The molecular formula is C13H20N2O3. The quantitative estimate of drug-likeness (QED) is 0.633. The minimum atomic E-state index is -0.361. The van der Waals surface area contributed by atoms with E-state index in [1.807, 2.05) is 0 Å². The molecule has 1 aromatic carbocycles. The molecule has 100 valence electrons. The lowest BCUT2D eigenvalue weighted by Gasteiger charge is -2.14. The summed E-state index contributed by atoms with van der Waals surface area (Å²) in [6.07, 6.45) is 0.825. The van der Waals surface area contributed by atoms with Crippen molar-refractivity contribution in [3.63, 3.8) is 0 Å².